The van der Waals surface area contributed by atoms with E-state index in [2.05, 4.69) is 26.0 Å². The van der Waals surface area contributed by atoms with Crippen LogP contribution in [0.1, 0.15) is 187 Å². The van der Waals surface area contributed by atoms with Crippen LogP contribution in [0.2, 0.25) is 0 Å². The number of carboxylic acid groups (broad SMARTS) is 1. The minimum atomic E-state index is -1.12. The molecular formula is C42H79NO7. The highest BCUT2D eigenvalue weighted by molar-refractivity contribution is 5.70. The SMILES string of the molecule is CCCCCCCC/C=C/CCCCCCCCCC(=O)OC(COCCC(C(=O)[O-])[N+](C)(C)C)COC(=O)CCCCCCCCCCC. The van der Waals surface area contributed by atoms with Crippen LogP contribution in [-0.2, 0) is 28.6 Å². The Morgan fingerprint density at radius 1 is 0.580 bits per heavy atom. The molecule has 0 saturated heterocycles. The Morgan fingerprint density at radius 2 is 1.00 bits per heavy atom. The number of aliphatic carboxylic acids is 1. The summed E-state index contributed by atoms with van der Waals surface area (Å²) in [6.07, 6.45) is 33.8. The summed E-state index contributed by atoms with van der Waals surface area (Å²) >= 11 is 0. The van der Waals surface area contributed by atoms with E-state index in [0.29, 0.717) is 12.8 Å². The van der Waals surface area contributed by atoms with Crippen molar-refractivity contribution in [1.29, 1.82) is 0 Å². The van der Waals surface area contributed by atoms with Crippen LogP contribution in [0.15, 0.2) is 12.2 Å². The molecule has 0 amide bonds. The zero-order valence-electron chi connectivity index (χ0n) is 33.3. The number of likely N-dealkylation sites (N-methyl/N-ethyl adjacent to an activating group) is 1. The van der Waals surface area contributed by atoms with Gasteiger partial charge >= 0.3 is 11.9 Å². The molecule has 50 heavy (non-hydrogen) atoms. The first-order valence-electron chi connectivity index (χ1n) is 20.7. The molecule has 0 saturated carbocycles. The van der Waals surface area contributed by atoms with E-state index in [9.17, 15) is 19.5 Å². The molecule has 0 N–H and O–H groups in total. The van der Waals surface area contributed by atoms with Crippen LogP contribution in [0.5, 0.6) is 0 Å². The fourth-order valence-corrected chi connectivity index (χ4v) is 6.12. The number of carboxylic acids is 1. The fraction of sp³-hybridized carbons (Fsp3) is 0.881. The summed E-state index contributed by atoms with van der Waals surface area (Å²) in [6.45, 7) is 4.64. The maximum Gasteiger partial charge on any atom is 0.306 e. The molecule has 0 rings (SSSR count). The number of carbonyl (C=O) groups excluding carboxylic acids is 3. The summed E-state index contributed by atoms with van der Waals surface area (Å²) < 4.78 is 17.1. The quantitative estimate of drug-likeness (QED) is 0.0274. The molecule has 8 heteroatoms. The van der Waals surface area contributed by atoms with Gasteiger partial charge in [-0.25, -0.2) is 0 Å². The van der Waals surface area contributed by atoms with Gasteiger partial charge in [0.1, 0.15) is 12.6 Å². The van der Waals surface area contributed by atoms with Crippen molar-refractivity contribution in [3.05, 3.63) is 12.2 Å². The number of unbranched alkanes of at least 4 members (excludes halogenated alkanes) is 21. The van der Waals surface area contributed by atoms with Gasteiger partial charge in [-0.2, -0.15) is 0 Å². The molecule has 0 heterocycles. The van der Waals surface area contributed by atoms with Crippen molar-refractivity contribution < 1.29 is 38.2 Å². The summed E-state index contributed by atoms with van der Waals surface area (Å²) in [6, 6.07) is -0.721. The molecular weight excluding hydrogens is 630 g/mol. The third-order valence-electron chi connectivity index (χ3n) is 9.40. The number of allylic oxidation sites excluding steroid dienone is 2. The van der Waals surface area contributed by atoms with Crippen LogP contribution in [0.3, 0.4) is 0 Å². The minimum absolute atomic E-state index is 0.0438. The van der Waals surface area contributed by atoms with Crippen molar-refractivity contribution in [3.8, 4) is 0 Å². The van der Waals surface area contributed by atoms with E-state index in [4.69, 9.17) is 14.2 Å². The third-order valence-corrected chi connectivity index (χ3v) is 9.40. The lowest BCUT2D eigenvalue weighted by Gasteiger charge is -2.34. The Kier molecular flexibility index (Phi) is 32.9. The van der Waals surface area contributed by atoms with Crippen LogP contribution < -0.4 is 5.11 Å². The van der Waals surface area contributed by atoms with Gasteiger partial charge < -0.3 is 28.6 Å². The molecule has 0 aromatic carbocycles. The molecule has 0 bridgehead atoms. The molecule has 0 aliphatic carbocycles. The highest BCUT2D eigenvalue weighted by atomic mass is 16.6. The van der Waals surface area contributed by atoms with Crippen molar-refractivity contribution >= 4 is 17.9 Å². The normalized spacial score (nSPS) is 13.1. The number of hydrogen-bond donors (Lipinski definition) is 0. The van der Waals surface area contributed by atoms with Gasteiger partial charge in [0.15, 0.2) is 6.10 Å². The van der Waals surface area contributed by atoms with Gasteiger partial charge in [0.05, 0.1) is 40.3 Å². The Hall–Kier alpha value is -1.93. The number of carbonyl (C=O) groups is 3. The Morgan fingerprint density at radius 3 is 1.44 bits per heavy atom. The highest BCUT2D eigenvalue weighted by Crippen LogP contribution is 2.14. The number of hydrogen-bond acceptors (Lipinski definition) is 7. The highest BCUT2D eigenvalue weighted by Gasteiger charge is 2.25. The lowest BCUT2D eigenvalue weighted by Crippen LogP contribution is -2.55. The van der Waals surface area contributed by atoms with Crippen molar-refractivity contribution in [2.75, 3.05) is 41.0 Å². The second-order valence-electron chi connectivity index (χ2n) is 15.2. The fourth-order valence-electron chi connectivity index (χ4n) is 6.12. The van der Waals surface area contributed by atoms with E-state index >= 15 is 0 Å². The molecule has 0 aliphatic heterocycles. The molecule has 8 nitrogen and oxygen atoms in total. The summed E-state index contributed by atoms with van der Waals surface area (Å²) in [7, 11) is 5.40. The Labute approximate surface area is 308 Å². The number of ether oxygens (including phenoxy) is 3. The van der Waals surface area contributed by atoms with Gasteiger partial charge in [-0.1, -0.05) is 142 Å². The molecule has 0 aromatic rings. The van der Waals surface area contributed by atoms with E-state index in [1.165, 1.54) is 116 Å². The first kappa shape index (κ1) is 48.1. The van der Waals surface area contributed by atoms with Gasteiger partial charge in [-0.05, 0) is 38.5 Å². The number of quaternary nitrogens is 1. The first-order valence-corrected chi connectivity index (χ1v) is 20.7. The number of rotatable bonds is 37. The average Bonchev–Trinajstić information content (AvgIpc) is 3.06. The van der Waals surface area contributed by atoms with Gasteiger partial charge in [0.25, 0.3) is 0 Å². The molecule has 0 aliphatic rings. The maximum atomic E-state index is 12.7. The molecule has 2 unspecified atom stereocenters. The van der Waals surface area contributed by atoms with Crippen LogP contribution in [0.25, 0.3) is 0 Å². The summed E-state index contributed by atoms with van der Waals surface area (Å²) in [4.78, 5) is 36.7. The van der Waals surface area contributed by atoms with E-state index in [1.54, 1.807) is 21.1 Å². The first-order chi connectivity index (χ1) is 24.1. The van der Waals surface area contributed by atoms with E-state index in [1.807, 2.05) is 0 Å². The van der Waals surface area contributed by atoms with E-state index < -0.39 is 18.1 Å². The monoisotopic (exact) mass is 710 g/mol. The van der Waals surface area contributed by atoms with Crippen LogP contribution in [0, 0.1) is 0 Å². The maximum absolute atomic E-state index is 12.7. The number of esters is 2. The van der Waals surface area contributed by atoms with Crippen LogP contribution >= 0.6 is 0 Å². The topological polar surface area (TPSA) is 102 Å². The standard InChI is InChI=1S/C42H79NO7/c1-6-8-10-12-14-16-17-18-19-20-21-22-23-25-27-29-31-33-41(45)50-38(36-48-35-34-39(42(46)47)43(3,4)5)37-49-40(44)32-30-28-26-24-15-13-11-9-7-2/h18-19,38-39H,6-17,20-37H2,1-5H3/b19-18+. The number of nitrogens with zero attached hydrogens (tertiary/aromatic N) is 1. The average molecular weight is 710 g/mol. The third kappa shape index (κ3) is 32.0. The second-order valence-corrected chi connectivity index (χ2v) is 15.2. The van der Waals surface area contributed by atoms with Gasteiger partial charge in [0.2, 0.25) is 0 Å². The molecule has 0 aromatic heterocycles. The van der Waals surface area contributed by atoms with Crippen LogP contribution in [-0.4, -0.2) is 75.5 Å². The van der Waals surface area contributed by atoms with Crippen molar-refractivity contribution in [1.82, 2.24) is 0 Å². The predicted molar refractivity (Wildman–Crippen MR) is 204 cm³/mol. The van der Waals surface area contributed by atoms with E-state index in [0.717, 1.165) is 38.5 Å². The van der Waals surface area contributed by atoms with Crippen molar-refractivity contribution in [2.24, 2.45) is 0 Å². The summed E-state index contributed by atoms with van der Waals surface area (Å²) in [5.74, 6) is -1.73. The lowest BCUT2D eigenvalue weighted by molar-refractivity contribution is -0.889. The molecule has 2 atom stereocenters. The molecule has 0 fully saturated rings. The zero-order valence-corrected chi connectivity index (χ0v) is 33.3. The summed E-state index contributed by atoms with van der Waals surface area (Å²) in [5, 5.41) is 11.6. The second kappa shape index (κ2) is 34.2. The predicted octanol–water partition coefficient (Wildman–Crippen LogP) is 9.41. The van der Waals surface area contributed by atoms with Crippen molar-refractivity contribution in [3.63, 3.8) is 0 Å². The van der Waals surface area contributed by atoms with Crippen LogP contribution in [0.4, 0.5) is 0 Å². The molecule has 0 radical (unpaired) electrons. The minimum Gasteiger partial charge on any atom is -0.544 e. The smallest absolute Gasteiger partial charge is 0.306 e. The molecule has 294 valence electrons. The molecule has 0 spiro atoms. The van der Waals surface area contributed by atoms with Crippen molar-refractivity contribution in [2.45, 2.75) is 199 Å². The van der Waals surface area contributed by atoms with Gasteiger partial charge in [0, 0.05) is 19.3 Å². The Balaban J connectivity index is 4.32. The zero-order chi connectivity index (χ0) is 37.1. The lowest BCUT2D eigenvalue weighted by atomic mass is 10.1. The largest absolute Gasteiger partial charge is 0.544 e. The van der Waals surface area contributed by atoms with E-state index in [-0.39, 0.29) is 42.7 Å². The Bertz CT molecular complexity index is 838. The van der Waals surface area contributed by atoms with Gasteiger partial charge in [-0.15, -0.1) is 0 Å². The summed E-state index contributed by atoms with van der Waals surface area (Å²) in [5.41, 5.74) is 0. The van der Waals surface area contributed by atoms with Gasteiger partial charge in [-0.3, -0.25) is 9.59 Å².